The molecule has 1 heterocycles. The molecule has 0 aromatic carbocycles. The molecule has 7 heteroatoms. The monoisotopic (exact) mass is 297 g/mol. The molecule has 21 heavy (non-hydrogen) atoms. The summed E-state index contributed by atoms with van der Waals surface area (Å²) >= 11 is 0. The number of hydrogen-bond acceptors (Lipinski definition) is 4. The average molecular weight is 297 g/mol. The van der Waals surface area contributed by atoms with Crippen molar-refractivity contribution in [1.82, 2.24) is 15.5 Å². The Bertz CT molecular complexity index is 454. The standard InChI is InChI=1S/C14H23N3O4/c1-3-14(2)12(20)17(13(21)16-14)8-11(19)15-7-9-5-4-6-10(9)18/h9-10,18H,3-8H2,1-2H3,(H,15,19)(H,16,21). The first-order chi connectivity index (χ1) is 9.87. The number of urea groups is 1. The van der Waals surface area contributed by atoms with Crippen molar-refractivity contribution in [2.75, 3.05) is 13.1 Å². The molecular formula is C14H23N3O4. The minimum atomic E-state index is -0.918. The van der Waals surface area contributed by atoms with E-state index >= 15 is 0 Å². The molecule has 3 unspecified atom stereocenters. The molecule has 2 rings (SSSR count). The molecule has 3 atom stereocenters. The molecule has 0 aromatic heterocycles. The van der Waals surface area contributed by atoms with Gasteiger partial charge in [-0.1, -0.05) is 13.3 Å². The Hall–Kier alpha value is -1.63. The van der Waals surface area contributed by atoms with Crippen LogP contribution in [0, 0.1) is 5.92 Å². The summed E-state index contributed by atoms with van der Waals surface area (Å²) in [5, 5.41) is 15.0. The Morgan fingerprint density at radius 3 is 2.71 bits per heavy atom. The molecule has 2 aliphatic rings. The maximum atomic E-state index is 12.1. The van der Waals surface area contributed by atoms with E-state index in [2.05, 4.69) is 10.6 Å². The quantitative estimate of drug-likeness (QED) is 0.621. The number of imide groups is 1. The number of carbonyl (C=O) groups excluding carboxylic acids is 3. The Balaban J connectivity index is 1.85. The Labute approximate surface area is 124 Å². The largest absolute Gasteiger partial charge is 0.393 e. The Morgan fingerprint density at radius 1 is 1.48 bits per heavy atom. The normalized spacial score (nSPS) is 32.4. The van der Waals surface area contributed by atoms with Gasteiger partial charge in [0.1, 0.15) is 12.1 Å². The van der Waals surface area contributed by atoms with E-state index in [1.54, 1.807) is 6.92 Å². The minimum Gasteiger partial charge on any atom is -0.393 e. The number of nitrogens with zero attached hydrogens (tertiary/aromatic N) is 1. The lowest BCUT2D eigenvalue weighted by molar-refractivity contribution is -0.134. The summed E-state index contributed by atoms with van der Waals surface area (Å²) in [4.78, 5) is 36.8. The Morgan fingerprint density at radius 2 is 2.19 bits per heavy atom. The highest BCUT2D eigenvalue weighted by atomic mass is 16.3. The summed E-state index contributed by atoms with van der Waals surface area (Å²) in [6.45, 7) is 3.57. The van der Waals surface area contributed by atoms with Gasteiger partial charge < -0.3 is 15.7 Å². The number of hydrogen-bond donors (Lipinski definition) is 3. The van der Waals surface area contributed by atoms with Gasteiger partial charge in [0.15, 0.2) is 0 Å². The fourth-order valence-electron chi connectivity index (χ4n) is 2.83. The summed E-state index contributed by atoms with van der Waals surface area (Å²) in [7, 11) is 0. The van der Waals surface area contributed by atoms with Gasteiger partial charge in [-0.25, -0.2) is 4.79 Å². The molecule has 7 nitrogen and oxygen atoms in total. The van der Waals surface area contributed by atoms with Crippen LogP contribution in [-0.4, -0.2) is 52.6 Å². The molecule has 3 N–H and O–H groups in total. The van der Waals surface area contributed by atoms with E-state index in [9.17, 15) is 19.5 Å². The lowest BCUT2D eigenvalue weighted by Crippen LogP contribution is -2.45. The highest BCUT2D eigenvalue weighted by Gasteiger charge is 2.46. The first-order valence-electron chi connectivity index (χ1n) is 7.46. The van der Waals surface area contributed by atoms with Crippen molar-refractivity contribution in [3.05, 3.63) is 0 Å². The number of aliphatic hydroxyl groups is 1. The van der Waals surface area contributed by atoms with Crippen LogP contribution in [0.2, 0.25) is 0 Å². The molecule has 2 fully saturated rings. The van der Waals surface area contributed by atoms with Crippen molar-refractivity contribution < 1.29 is 19.5 Å². The van der Waals surface area contributed by atoms with Gasteiger partial charge in [-0.3, -0.25) is 14.5 Å². The van der Waals surface area contributed by atoms with E-state index in [4.69, 9.17) is 0 Å². The van der Waals surface area contributed by atoms with E-state index in [0.717, 1.165) is 24.2 Å². The summed E-state index contributed by atoms with van der Waals surface area (Å²) < 4.78 is 0. The van der Waals surface area contributed by atoms with Gasteiger partial charge in [-0.2, -0.15) is 0 Å². The van der Waals surface area contributed by atoms with Crippen LogP contribution < -0.4 is 10.6 Å². The van der Waals surface area contributed by atoms with E-state index in [1.807, 2.05) is 6.92 Å². The number of nitrogens with one attached hydrogen (secondary N) is 2. The average Bonchev–Trinajstić information content (AvgIpc) is 2.94. The van der Waals surface area contributed by atoms with Crippen LogP contribution in [0.15, 0.2) is 0 Å². The lowest BCUT2D eigenvalue weighted by atomic mass is 9.99. The molecule has 4 amide bonds. The Kier molecular flexibility index (Phi) is 4.51. The first kappa shape index (κ1) is 15.8. The number of aliphatic hydroxyl groups excluding tert-OH is 1. The van der Waals surface area contributed by atoms with Crippen LogP contribution in [0.25, 0.3) is 0 Å². The fraction of sp³-hybridized carbons (Fsp3) is 0.786. The number of carbonyl (C=O) groups is 3. The van der Waals surface area contributed by atoms with Gasteiger partial charge in [0.05, 0.1) is 6.10 Å². The predicted molar refractivity (Wildman–Crippen MR) is 75.3 cm³/mol. The van der Waals surface area contributed by atoms with Crippen LogP contribution in [0.1, 0.15) is 39.5 Å². The van der Waals surface area contributed by atoms with Crippen molar-refractivity contribution in [1.29, 1.82) is 0 Å². The summed E-state index contributed by atoms with van der Waals surface area (Å²) in [5.41, 5.74) is -0.918. The lowest BCUT2D eigenvalue weighted by Gasteiger charge is -2.19. The predicted octanol–water partition coefficient (Wildman–Crippen LogP) is -0.0159. The topological polar surface area (TPSA) is 98.7 Å². The van der Waals surface area contributed by atoms with E-state index < -0.39 is 11.6 Å². The third kappa shape index (κ3) is 3.18. The molecule has 0 bridgehead atoms. The van der Waals surface area contributed by atoms with Gasteiger partial charge in [0.25, 0.3) is 5.91 Å². The second kappa shape index (κ2) is 6.01. The summed E-state index contributed by atoms with van der Waals surface area (Å²) in [5.74, 6) is -0.679. The van der Waals surface area contributed by atoms with Crippen LogP contribution in [0.3, 0.4) is 0 Å². The molecule has 1 saturated carbocycles. The zero-order valence-corrected chi connectivity index (χ0v) is 12.5. The van der Waals surface area contributed by atoms with Gasteiger partial charge >= 0.3 is 6.03 Å². The van der Waals surface area contributed by atoms with Crippen LogP contribution in [-0.2, 0) is 9.59 Å². The molecule has 0 aromatic rings. The van der Waals surface area contributed by atoms with Gasteiger partial charge in [-0.05, 0) is 26.2 Å². The van der Waals surface area contributed by atoms with Crippen LogP contribution in [0.5, 0.6) is 0 Å². The number of rotatable bonds is 5. The molecule has 118 valence electrons. The van der Waals surface area contributed by atoms with Crippen LogP contribution in [0.4, 0.5) is 4.79 Å². The third-order valence-electron chi connectivity index (χ3n) is 4.53. The zero-order valence-electron chi connectivity index (χ0n) is 12.5. The van der Waals surface area contributed by atoms with Crippen molar-refractivity contribution in [2.45, 2.75) is 51.2 Å². The molecule has 1 aliphatic carbocycles. The maximum Gasteiger partial charge on any atom is 0.325 e. The van der Waals surface area contributed by atoms with Crippen molar-refractivity contribution in [3.63, 3.8) is 0 Å². The maximum absolute atomic E-state index is 12.1. The molecule has 0 spiro atoms. The molecule has 1 saturated heterocycles. The van der Waals surface area contributed by atoms with Crippen molar-refractivity contribution >= 4 is 17.8 Å². The number of amides is 4. The van der Waals surface area contributed by atoms with Crippen molar-refractivity contribution in [3.8, 4) is 0 Å². The van der Waals surface area contributed by atoms with Gasteiger partial charge in [-0.15, -0.1) is 0 Å². The minimum absolute atomic E-state index is 0.0676. The van der Waals surface area contributed by atoms with E-state index in [-0.39, 0.29) is 30.4 Å². The van der Waals surface area contributed by atoms with Crippen molar-refractivity contribution in [2.24, 2.45) is 5.92 Å². The molecule has 1 aliphatic heterocycles. The second-order valence-corrected chi connectivity index (χ2v) is 6.07. The highest BCUT2D eigenvalue weighted by Crippen LogP contribution is 2.24. The van der Waals surface area contributed by atoms with E-state index in [0.29, 0.717) is 13.0 Å². The zero-order chi connectivity index (χ0) is 15.6. The fourth-order valence-corrected chi connectivity index (χ4v) is 2.83. The second-order valence-electron chi connectivity index (χ2n) is 6.07. The summed E-state index contributed by atoms with van der Waals surface area (Å²) in [6, 6.07) is -0.527. The van der Waals surface area contributed by atoms with Gasteiger partial charge in [0, 0.05) is 12.5 Å². The third-order valence-corrected chi connectivity index (χ3v) is 4.53. The smallest absolute Gasteiger partial charge is 0.325 e. The molecule has 0 radical (unpaired) electrons. The highest BCUT2D eigenvalue weighted by molar-refractivity contribution is 6.08. The molecular weight excluding hydrogens is 274 g/mol. The van der Waals surface area contributed by atoms with Crippen LogP contribution >= 0.6 is 0 Å². The summed E-state index contributed by atoms with van der Waals surface area (Å²) in [6.07, 6.45) is 2.72. The van der Waals surface area contributed by atoms with E-state index in [1.165, 1.54) is 0 Å². The first-order valence-corrected chi connectivity index (χ1v) is 7.46. The van der Waals surface area contributed by atoms with Gasteiger partial charge in [0.2, 0.25) is 5.91 Å². The SMILES string of the molecule is CCC1(C)NC(=O)N(CC(=O)NCC2CCCC2O)C1=O.